The summed E-state index contributed by atoms with van der Waals surface area (Å²) in [6.45, 7) is 0.831. The largest absolute Gasteiger partial charge is 0.361 e. The molecule has 0 spiro atoms. The summed E-state index contributed by atoms with van der Waals surface area (Å²) in [5, 5.41) is 6.78. The number of aromatic amines is 1. The summed E-state index contributed by atoms with van der Waals surface area (Å²) in [6, 6.07) is 17.1. The fraction of sp³-hybridized carbons (Fsp3) is 0.200. The van der Waals surface area contributed by atoms with Gasteiger partial charge in [0.1, 0.15) is 0 Å². The van der Waals surface area contributed by atoms with Crippen LogP contribution in [-0.4, -0.2) is 29.9 Å². The van der Waals surface area contributed by atoms with Gasteiger partial charge in [0.15, 0.2) is 0 Å². The van der Waals surface area contributed by atoms with Gasteiger partial charge in [0.05, 0.1) is 0 Å². The molecule has 5 nitrogen and oxygen atoms in total. The quantitative estimate of drug-likeness (QED) is 0.581. The summed E-state index contributed by atoms with van der Waals surface area (Å²) in [6.07, 6.45) is 3.07. The van der Waals surface area contributed by atoms with Gasteiger partial charge in [-0.15, -0.1) is 0 Å². The van der Waals surface area contributed by atoms with E-state index in [4.69, 9.17) is 0 Å². The second-order valence-corrected chi connectivity index (χ2v) is 5.83. The third-order valence-corrected chi connectivity index (χ3v) is 4.07. The van der Waals surface area contributed by atoms with Crippen molar-refractivity contribution in [3.05, 3.63) is 71.9 Å². The van der Waals surface area contributed by atoms with Gasteiger partial charge in [-0.2, -0.15) is 0 Å². The molecule has 0 aliphatic heterocycles. The average Bonchev–Trinajstić information content (AvgIpc) is 3.07. The minimum Gasteiger partial charge on any atom is -0.361 e. The molecule has 0 fully saturated rings. The van der Waals surface area contributed by atoms with Gasteiger partial charge in [-0.05, 0) is 30.2 Å². The fourth-order valence-electron chi connectivity index (χ4n) is 2.74. The predicted molar refractivity (Wildman–Crippen MR) is 98.4 cm³/mol. The van der Waals surface area contributed by atoms with Gasteiger partial charge in [0.25, 0.3) is 5.91 Å². The number of rotatable bonds is 7. The molecular formula is C20H21N3O2. The van der Waals surface area contributed by atoms with E-state index >= 15 is 0 Å². The van der Waals surface area contributed by atoms with E-state index in [1.54, 1.807) is 12.1 Å². The highest BCUT2D eigenvalue weighted by Gasteiger charge is 2.07. The van der Waals surface area contributed by atoms with Crippen molar-refractivity contribution in [1.29, 1.82) is 0 Å². The van der Waals surface area contributed by atoms with Crippen molar-refractivity contribution in [2.45, 2.75) is 12.8 Å². The van der Waals surface area contributed by atoms with Gasteiger partial charge in [-0.25, -0.2) is 0 Å². The second-order valence-electron chi connectivity index (χ2n) is 5.83. The molecule has 5 heteroatoms. The Balaban J connectivity index is 1.38. The molecule has 0 saturated carbocycles. The standard InChI is InChI=1S/C20H21N3O2/c24-19(11-10-16-14-23-18-9-5-4-8-17(16)18)21-12-13-22-20(25)15-6-2-1-3-7-15/h1-9,14,23H,10-13H2,(H,21,24)(H,22,25). The van der Waals surface area contributed by atoms with Crippen LogP contribution in [0.2, 0.25) is 0 Å². The molecule has 0 atom stereocenters. The van der Waals surface area contributed by atoms with Crippen LogP contribution < -0.4 is 10.6 Å². The van der Waals surface area contributed by atoms with Crippen LogP contribution in [0.3, 0.4) is 0 Å². The number of fused-ring (bicyclic) bond motifs is 1. The first-order chi connectivity index (χ1) is 12.2. The number of hydrogen-bond acceptors (Lipinski definition) is 2. The Hall–Kier alpha value is -3.08. The number of amides is 2. The van der Waals surface area contributed by atoms with Gasteiger partial charge < -0.3 is 15.6 Å². The molecule has 0 radical (unpaired) electrons. The zero-order valence-electron chi connectivity index (χ0n) is 13.9. The van der Waals surface area contributed by atoms with E-state index in [1.165, 1.54) is 0 Å². The summed E-state index contributed by atoms with van der Waals surface area (Å²) < 4.78 is 0. The highest BCUT2D eigenvalue weighted by Crippen LogP contribution is 2.18. The monoisotopic (exact) mass is 335 g/mol. The van der Waals surface area contributed by atoms with E-state index < -0.39 is 0 Å². The number of hydrogen-bond donors (Lipinski definition) is 3. The number of H-pyrrole nitrogens is 1. The molecule has 0 aliphatic rings. The van der Waals surface area contributed by atoms with Gasteiger partial charge >= 0.3 is 0 Å². The SMILES string of the molecule is O=C(CCc1c[nH]c2ccccc12)NCCNC(=O)c1ccccc1. The van der Waals surface area contributed by atoms with Crippen LogP contribution in [0.4, 0.5) is 0 Å². The number of carbonyl (C=O) groups excluding carboxylic acids is 2. The third-order valence-electron chi connectivity index (χ3n) is 4.07. The van der Waals surface area contributed by atoms with E-state index in [0.29, 0.717) is 31.5 Å². The van der Waals surface area contributed by atoms with Crippen molar-refractivity contribution >= 4 is 22.7 Å². The van der Waals surface area contributed by atoms with Crippen molar-refractivity contribution in [2.75, 3.05) is 13.1 Å². The van der Waals surface area contributed by atoms with Crippen molar-refractivity contribution in [3.8, 4) is 0 Å². The van der Waals surface area contributed by atoms with Crippen LogP contribution in [0.5, 0.6) is 0 Å². The van der Waals surface area contributed by atoms with Gasteiger partial charge in [0, 0.05) is 42.2 Å². The van der Waals surface area contributed by atoms with E-state index in [9.17, 15) is 9.59 Å². The molecule has 3 N–H and O–H groups in total. The summed E-state index contributed by atoms with van der Waals surface area (Å²) in [7, 11) is 0. The van der Waals surface area contributed by atoms with Gasteiger partial charge in [-0.1, -0.05) is 36.4 Å². The highest BCUT2D eigenvalue weighted by atomic mass is 16.2. The summed E-state index contributed by atoms with van der Waals surface area (Å²) >= 11 is 0. The maximum absolute atomic E-state index is 12.0. The van der Waals surface area contributed by atoms with Crippen LogP contribution in [-0.2, 0) is 11.2 Å². The maximum Gasteiger partial charge on any atom is 0.251 e. The van der Waals surface area contributed by atoms with Gasteiger partial charge in [-0.3, -0.25) is 9.59 Å². The first kappa shape index (κ1) is 16.8. The Morgan fingerprint density at radius 3 is 2.44 bits per heavy atom. The Morgan fingerprint density at radius 1 is 0.880 bits per heavy atom. The molecule has 128 valence electrons. The van der Waals surface area contributed by atoms with Crippen LogP contribution in [0.1, 0.15) is 22.3 Å². The summed E-state index contributed by atoms with van der Waals surface area (Å²) in [5.41, 5.74) is 2.85. The minimum absolute atomic E-state index is 0.0146. The van der Waals surface area contributed by atoms with Crippen molar-refractivity contribution in [1.82, 2.24) is 15.6 Å². The number of aryl methyl sites for hydroxylation is 1. The number of nitrogens with one attached hydrogen (secondary N) is 3. The molecule has 0 unspecified atom stereocenters. The average molecular weight is 335 g/mol. The molecule has 1 aromatic heterocycles. The second kappa shape index (κ2) is 8.15. The van der Waals surface area contributed by atoms with E-state index in [-0.39, 0.29) is 11.8 Å². The smallest absolute Gasteiger partial charge is 0.251 e. The van der Waals surface area contributed by atoms with Crippen molar-refractivity contribution < 1.29 is 9.59 Å². The first-order valence-electron chi connectivity index (χ1n) is 8.39. The topological polar surface area (TPSA) is 74.0 Å². The zero-order chi connectivity index (χ0) is 17.5. The fourth-order valence-corrected chi connectivity index (χ4v) is 2.74. The minimum atomic E-state index is -0.131. The molecule has 3 rings (SSSR count). The maximum atomic E-state index is 12.0. The molecule has 0 aliphatic carbocycles. The Kier molecular flexibility index (Phi) is 5.46. The predicted octanol–water partition coefficient (Wildman–Crippen LogP) is 2.65. The molecule has 2 amide bonds. The zero-order valence-corrected chi connectivity index (χ0v) is 13.9. The number of para-hydroxylation sites is 1. The summed E-state index contributed by atoms with van der Waals surface area (Å²) in [4.78, 5) is 27.0. The van der Waals surface area contributed by atoms with E-state index in [2.05, 4.69) is 21.7 Å². The molecular weight excluding hydrogens is 314 g/mol. The van der Waals surface area contributed by atoms with Crippen LogP contribution >= 0.6 is 0 Å². The van der Waals surface area contributed by atoms with Crippen LogP contribution in [0, 0.1) is 0 Å². The lowest BCUT2D eigenvalue weighted by Crippen LogP contribution is -2.34. The number of aromatic nitrogens is 1. The molecule has 3 aromatic rings. The van der Waals surface area contributed by atoms with Crippen LogP contribution in [0.15, 0.2) is 60.8 Å². The van der Waals surface area contributed by atoms with E-state index in [1.807, 2.05) is 42.6 Å². The third kappa shape index (κ3) is 4.47. The number of carbonyl (C=O) groups is 2. The van der Waals surface area contributed by atoms with Crippen molar-refractivity contribution in [2.24, 2.45) is 0 Å². The molecule has 2 aromatic carbocycles. The molecule has 0 saturated heterocycles. The molecule has 1 heterocycles. The van der Waals surface area contributed by atoms with Crippen LogP contribution in [0.25, 0.3) is 10.9 Å². The Morgan fingerprint density at radius 2 is 1.60 bits per heavy atom. The molecule has 25 heavy (non-hydrogen) atoms. The number of benzene rings is 2. The highest BCUT2D eigenvalue weighted by molar-refractivity contribution is 5.94. The first-order valence-corrected chi connectivity index (χ1v) is 8.39. The lowest BCUT2D eigenvalue weighted by molar-refractivity contribution is -0.121. The van der Waals surface area contributed by atoms with Crippen molar-refractivity contribution in [3.63, 3.8) is 0 Å². The Labute approximate surface area is 146 Å². The molecule has 0 bridgehead atoms. The Bertz CT molecular complexity index is 856. The summed E-state index contributed by atoms with van der Waals surface area (Å²) in [5.74, 6) is -0.145. The van der Waals surface area contributed by atoms with Gasteiger partial charge in [0.2, 0.25) is 5.91 Å². The lowest BCUT2D eigenvalue weighted by Gasteiger charge is -2.07. The van der Waals surface area contributed by atoms with E-state index in [0.717, 1.165) is 16.5 Å². The normalized spacial score (nSPS) is 10.6. The lowest BCUT2D eigenvalue weighted by atomic mass is 10.1.